The van der Waals surface area contributed by atoms with E-state index >= 15 is 0 Å². The highest BCUT2D eigenvalue weighted by Gasteiger charge is 2.41. The molecule has 0 amide bonds. The average molecular weight is 367 g/mol. The molecular weight excluding hydrogens is 332 g/mol. The van der Waals surface area contributed by atoms with Gasteiger partial charge in [-0.1, -0.05) is 38.1 Å². The third kappa shape index (κ3) is 4.27. The Labute approximate surface area is 164 Å². The van der Waals surface area contributed by atoms with Crippen LogP contribution in [0.1, 0.15) is 61.5 Å². The maximum Gasteiger partial charge on any atom is 0.0925 e. The van der Waals surface area contributed by atoms with Crippen molar-refractivity contribution in [1.29, 1.82) is 0 Å². The summed E-state index contributed by atoms with van der Waals surface area (Å²) < 4.78 is 0. The SMILES string of the molecule is Cc1[nH]cnc1CN1CCC2(CCCN(Cc3ccc(C(C)C)cc3)C2)C1. The predicted molar refractivity (Wildman–Crippen MR) is 111 cm³/mol. The first-order chi connectivity index (χ1) is 13.0. The molecule has 2 fully saturated rings. The quantitative estimate of drug-likeness (QED) is 0.855. The summed E-state index contributed by atoms with van der Waals surface area (Å²) in [7, 11) is 0. The third-order valence-electron chi connectivity index (χ3n) is 6.62. The molecule has 0 saturated carbocycles. The van der Waals surface area contributed by atoms with Gasteiger partial charge in [-0.2, -0.15) is 0 Å². The van der Waals surface area contributed by atoms with Gasteiger partial charge in [-0.25, -0.2) is 4.98 Å². The second-order valence-electron chi connectivity index (χ2n) is 9.15. The molecule has 4 nitrogen and oxygen atoms in total. The van der Waals surface area contributed by atoms with Gasteiger partial charge in [-0.05, 0) is 61.7 Å². The van der Waals surface area contributed by atoms with Crippen LogP contribution in [0.3, 0.4) is 0 Å². The van der Waals surface area contributed by atoms with Gasteiger partial charge in [0.05, 0.1) is 12.0 Å². The Hall–Kier alpha value is -1.65. The molecule has 1 N–H and O–H groups in total. The lowest BCUT2D eigenvalue weighted by molar-refractivity contribution is 0.0865. The maximum absolute atomic E-state index is 4.50. The topological polar surface area (TPSA) is 35.2 Å². The number of nitrogens with zero attached hydrogens (tertiary/aromatic N) is 3. The zero-order valence-corrected chi connectivity index (χ0v) is 17.2. The molecule has 146 valence electrons. The van der Waals surface area contributed by atoms with E-state index in [9.17, 15) is 0 Å². The Morgan fingerprint density at radius 2 is 1.78 bits per heavy atom. The fourth-order valence-corrected chi connectivity index (χ4v) is 4.97. The number of piperidine rings is 1. The number of rotatable bonds is 5. The fraction of sp³-hybridized carbons (Fsp3) is 0.609. The first-order valence-corrected chi connectivity index (χ1v) is 10.6. The fourth-order valence-electron chi connectivity index (χ4n) is 4.97. The van der Waals surface area contributed by atoms with Crippen LogP contribution in [0, 0.1) is 12.3 Å². The smallest absolute Gasteiger partial charge is 0.0925 e. The van der Waals surface area contributed by atoms with E-state index in [0.717, 1.165) is 13.1 Å². The number of H-pyrrole nitrogens is 1. The number of benzene rings is 1. The van der Waals surface area contributed by atoms with E-state index in [2.05, 4.69) is 64.8 Å². The highest BCUT2D eigenvalue weighted by molar-refractivity contribution is 5.24. The van der Waals surface area contributed by atoms with Crippen molar-refractivity contribution in [1.82, 2.24) is 19.8 Å². The van der Waals surface area contributed by atoms with Crippen LogP contribution in [0.4, 0.5) is 0 Å². The zero-order chi connectivity index (χ0) is 18.9. The van der Waals surface area contributed by atoms with Crippen molar-refractivity contribution < 1.29 is 0 Å². The lowest BCUT2D eigenvalue weighted by Gasteiger charge is -2.40. The van der Waals surface area contributed by atoms with Gasteiger partial charge in [-0.3, -0.25) is 9.80 Å². The molecule has 2 aliphatic rings. The molecule has 1 unspecified atom stereocenters. The van der Waals surface area contributed by atoms with Gasteiger partial charge in [0, 0.05) is 31.9 Å². The second kappa shape index (κ2) is 7.76. The van der Waals surface area contributed by atoms with Crippen LogP contribution in [0.5, 0.6) is 0 Å². The lowest BCUT2D eigenvalue weighted by atomic mass is 9.79. The summed E-state index contributed by atoms with van der Waals surface area (Å²) in [5, 5.41) is 0. The molecular formula is C23H34N4. The molecule has 2 saturated heterocycles. The summed E-state index contributed by atoms with van der Waals surface area (Å²) >= 11 is 0. The van der Waals surface area contributed by atoms with E-state index in [0.29, 0.717) is 11.3 Å². The van der Waals surface area contributed by atoms with Gasteiger partial charge in [0.25, 0.3) is 0 Å². The summed E-state index contributed by atoms with van der Waals surface area (Å²) in [6.07, 6.45) is 5.87. The second-order valence-corrected chi connectivity index (χ2v) is 9.15. The van der Waals surface area contributed by atoms with E-state index in [1.54, 1.807) is 0 Å². The summed E-state index contributed by atoms with van der Waals surface area (Å²) in [6, 6.07) is 9.28. The molecule has 0 radical (unpaired) electrons. The van der Waals surface area contributed by atoms with Crippen LogP contribution in [-0.2, 0) is 13.1 Å². The largest absolute Gasteiger partial charge is 0.348 e. The highest BCUT2D eigenvalue weighted by Crippen LogP contribution is 2.39. The summed E-state index contributed by atoms with van der Waals surface area (Å²) in [6.45, 7) is 13.7. The molecule has 3 heterocycles. The van der Waals surface area contributed by atoms with Crippen molar-refractivity contribution in [2.24, 2.45) is 5.41 Å². The van der Waals surface area contributed by atoms with E-state index in [1.165, 1.54) is 68.0 Å². The standard InChI is InChI=1S/C23H34N4/c1-18(2)21-7-5-20(6-8-21)13-26-11-4-9-23(15-26)10-12-27(16-23)14-22-19(3)24-17-25-22/h5-8,17-18H,4,9-16H2,1-3H3,(H,24,25). The van der Waals surface area contributed by atoms with Crippen molar-refractivity contribution in [3.05, 3.63) is 53.1 Å². The lowest BCUT2D eigenvalue weighted by Crippen LogP contribution is -2.44. The van der Waals surface area contributed by atoms with Crippen LogP contribution in [0.15, 0.2) is 30.6 Å². The number of aryl methyl sites for hydroxylation is 1. The number of aromatic amines is 1. The molecule has 2 aliphatic heterocycles. The van der Waals surface area contributed by atoms with E-state index in [-0.39, 0.29) is 0 Å². The number of imidazole rings is 1. The molecule has 1 spiro atoms. The predicted octanol–water partition coefficient (Wildman–Crippen LogP) is 4.33. The minimum Gasteiger partial charge on any atom is -0.348 e. The molecule has 0 aliphatic carbocycles. The van der Waals surface area contributed by atoms with E-state index in [4.69, 9.17) is 0 Å². The first-order valence-electron chi connectivity index (χ1n) is 10.6. The van der Waals surface area contributed by atoms with Crippen LogP contribution >= 0.6 is 0 Å². The zero-order valence-electron chi connectivity index (χ0n) is 17.2. The number of hydrogen-bond donors (Lipinski definition) is 1. The average Bonchev–Trinajstić information content (AvgIpc) is 3.22. The Morgan fingerprint density at radius 1 is 1.04 bits per heavy atom. The normalized spacial score (nSPS) is 24.3. The van der Waals surface area contributed by atoms with Gasteiger partial charge in [0.2, 0.25) is 0 Å². The van der Waals surface area contributed by atoms with Gasteiger partial charge in [0.1, 0.15) is 0 Å². The molecule has 4 rings (SSSR count). The molecule has 1 aromatic carbocycles. The molecule has 0 bridgehead atoms. The van der Waals surface area contributed by atoms with Gasteiger partial charge in [0.15, 0.2) is 0 Å². The summed E-state index contributed by atoms with van der Waals surface area (Å²) in [5.74, 6) is 0.611. The number of hydrogen-bond acceptors (Lipinski definition) is 3. The Morgan fingerprint density at radius 3 is 2.44 bits per heavy atom. The van der Waals surface area contributed by atoms with Crippen molar-refractivity contribution in [2.45, 2.75) is 59.0 Å². The van der Waals surface area contributed by atoms with Gasteiger partial charge >= 0.3 is 0 Å². The number of likely N-dealkylation sites (tertiary alicyclic amines) is 2. The first kappa shape index (κ1) is 18.7. The highest BCUT2D eigenvalue weighted by atomic mass is 15.2. The van der Waals surface area contributed by atoms with Crippen LogP contribution in [-0.4, -0.2) is 45.9 Å². The molecule has 1 aromatic heterocycles. The Kier molecular flexibility index (Phi) is 5.38. The van der Waals surface area contributed by atoms with E-state index < -0.39 is 0 Å². The van der Waals surface area contributed by atoms with Gasteiger partial charge in [-0.15, -0.1) is 0 Å². The Bertz CT molecular complexity index is 748. The van der Waals surface area contributed by atoms with E-state index in [1.807, 2.05) is 6.33 Å². The number of nitrogens with one attached hydrogen (secondary N) is 1. The molecule has 1 atom stereocenters. The van der Waals surface area contributed by atoms with Crippen LogP contribution in [0.2, 0.25) is 0 Å². The van der Waals surface area contributed by atoms with Crippen molar-refractivity contribution in [3.63, 3.8) is 0 Å². The van der Waals surface area contributed by atoms with Crippen molar-refractivity contribution in [2.75, 3.05) is 26.2 Å². The van der Waals surface area contributed by atoms with Crippen LogP contribution in [0.25, 0.3) is 0 Å². The monoisotopic (exact) mass is 366 g/mol. The van der Waals surface area contributed by atoms with Gasteiger partial charge < -0.3 is 4.98 Å². The molecule has 4 heteroatoms. The van der Waals surface area contributed by atoms with Crippen LogP contribution < -0.4 is 0 Å². The number of aromatic nitrogens is 2. The minimum atomic E-state index is 0.486. The minimum absolute atomic E-state index is 0.486. The van der Waals surface area contributed by atoms with Crippen molar-refractivity contribution in [3.8, 4) is 0 Å². The molecule has 2 aromatic rings. The Balaban J connectivity index is 1.36. The van der Waals surface area contributed by atoms with Crippen molar-refractivity contribution >= 4 is 0 Å². The summed E-state index contributed by atoms with van der Waals surface area (Å²) in [4.78, 5) is 13.0. The summed E-state index contributed by atoms with van der Waals surface area (Å²) in [5.41, 5.74) is 5.81. The third-order valence-corrected chi connectivity index (χ3v) is 6.62. The molecule has 27 heavy (non-hydrogen) atoms. The maximum atomic E-state index is 4.50.